The fraction of sp³-hybridized carbons (Fsp3) is 0.500. The molecule has 1 aromatic carbocycles. The molecule has 1 heterocycles. The third kappa shape index (κ3) is 6.31. The number of aryl methyl sites for hydroxylation is 1. The van der Waals surface area contributed by atoms with Crippen LogP contribution >= 0.6 is 11.5 Å². The zero-order chi connectivity index (χ0) is 24.9. The van der Waals surface area contributed by atoms with E-state index in [1.165, 1.54) is 4.90 Å². The highest BCUT2D eigenvalue weighted by Gasteiger charge is 2.36. The van der Waals surface area contributed by atoms with Gasteiger partial charge in [-0.2, -0.15) is 4.37 Å². The van der Waals surface area contributed by atoms with E-state index in [0.29, 0.717) is 24.6 Å². The second-order valence-electron chi connectivity index (χ2n) is 9.15. The minimum absolute atomic E-state index is 0.0590. The Morgan fingerprint density at radius 2 is 1.79 bits per heavy atom. The summed E-state index contributed by atoms with van der Waals surface area (Å²) in [6.45, 7) is 12.6. The van der Waals surface area contributed by atoms with E-state index in [1.807, 2.05) is 45.9 Å². The number of rotatable bonds is 10. The highest BCUT2D eigenvalue weighted by atomic mass is 32.1. The van der Waals surface area contributed by atoms with Gasteiger partial charge in [0, 0.05) is 12.2 Å². The number of hydrogen-bond donors (Lipinski definition) is 3. The predicted molar refractivity (Wildman–Crippen MR) is 133 cm³/mol. The van der Waals surface area contributed by atoms with Gasteiger partial charge in [-0.25, -0.2) is 0 Å². The van der Waals surface area contributed by atoms with Crippen LogP contribution in [0.15, 0.2) is 18.2 Å². The van der Waals surface area contributed by atoms with Crippen molar-refractivity contribution in [1.82, 2.24) is 9.69 Å². The molecule has 180 valence electrons. The van der Waals surface area contributed by atoms with Crippen LogP contribution < -0.4 is 21.7 Å². The van der Waals surface area contributed by atoms with Crippen LogP contribution in [-0.2, 0) is 4.79 Å². The Morgan fingerprint density at radius 3 is 2.33 bits per heavy atom. The van der Waals surface area contributed by atoms with Crippen molar-refractivity contribution in [2.75, 3.05) is 17.2 Å². The second kappa shape index (κ2) is 11.3. The maximum absolute atomic E-state index is 13.9. The van der Waals surface area contributed by atoms with E-state index in [1.54, 1.807) is 0 Å². The summed E-state index contributed by atoms with van der Waals surface area (Å²) in [4.78, 5) is 40.5. The lowest BCUT2D eigenvalue weighted by Crippen LogP contribution is -2.51. The molecule has 0 unspecified atom stereocenters. The number of aromatic nitrogens is 1. The first-order valence-electron chi connectivity index (χ1n) is 11.2. The normalized spacial score (nSPS) is 12.1. The fourth-order valence-corrected chi connectivity index (χ4v) is 4.27. The first kappa shape index (κ1) is 26.3. The third-order valence-corrected chi connectivity index (χ3v) is 6.39. The molecule has 0 saturated heterocycles. The van der Waals surface area contributed by atoms with Gasteiger partial charge >= 0.3 is 0 Å². The summed E-state index contributed by atoms with van der Waals surface area (Å²) in [6, 6.07) is 4.87. The molecule has 1 atom stereocenters. The molecule has 5 N–H and O–H groups in total. The third-order valence-electron chi connectivity index (χ3n) is 5.54. The predicted octanol–water partition coefficient (Wildman–Crippen LogP) is 3.66. The van der Waals surface area contributed by atoms with Gasteiger partial charge in [0.15, 0.2) is 5.69 Å². The van der Waals surface area contributed by atoms with E-state index in [4.69, 9.17) is 11.5 Å². The molecule has 2 aromatic rings. The van der Waals surface area contributed by atoms with Crippen LogP contribution in [0.2, 0.25) is 0 Å². The molecule has 3 amide bonds. The Balaban J connectivity index is 2.60. The van der Waals surface area contributed by atoms with E-state index in [0.717, 1.165) is 29.1 Å². The average molecular weight is 474 g/mol. The van der Waals surface area contributed by atoms with E-state index < -0.39 is 17.9 Å². The molecule has 2 rings (SSSR count). The van der Waals surface area contributed by atoms with Crippen molar-refractivity contribution in [1.29, 1.82) is 0 Å². The molecular weight excluding hydrogens is 438 g/mol. The van der Waals surface area contributed by atoms with Gasteiger partial charge in [-0.3, -0.25) is 19.3 Å². The van der Waals surface area contributed by atoms with Crippen LogP contribution in [0.25, 0.3) is 0 Å². The number of nitrogen functional groups attached to an aromatic ring is 1. The highest BCUT2D eigenvalue weighted by Crippen LogP contribution is 2.32. The molecule has 1 aromatic heterocycles. The molecule has 0 aliphatic rings. The highest BCUT2D eigenvalue weighted by molar-refractivity contribution is 7.09. The van der Waals surface area contributed by atoms with Crippen molar-refractivity contribution < 1.29 is 14.4 Å². The van der Waals surface area contributed by atoms with E-state index in [9.17, 15) is 14.4 Å². The smallest absolute Gasteiger partial charge is 0.272 e. The SMILES string of the molecule is Cc1cccc(N(C(=O)c2snc(C(N)=O)c2N)[C@@H](CC(C)C)C(=O)NCCC(C)C)c1C. The standard InChI is InChI=1S/C24H35N5O3S/c1-13(2)10-11-27-23(31)18(12-14(3)4)29(17-9-7-8-15(5)16(17)6)24(32)21-19(25)20(22(26)30)28-33-21/h7-9,13-14,18H,10-12,25H2,1-6H3,(H2,26,30)(H,27,31)/t18-/m0/s1. The Bertz CT molecular complexity index is 1020. The van der Waals surface area contributed by atoms with Crippen LogP contribution in [0.1, 0.15) is 71.8 Å². The minimum atomic E-state index is -0.800. The molecule has 0 radical (unpaired) electrons. The van der Waals surface area contributed by atoms with Gasteiger partial charge in [0.05, 0.1) is 5.69 Å². The van der Waals surface area contributed by atoms with Crippen molar-refractivity contribution in [3.63, 3.8) is 0 Å². The van der Waals surface area contributed by atoms with E-state index >= 15 is 0 Å². The van der Waals surface area contributed by atoms with Crippen LogP contribution in [0.3, 0.4) is 0 Å². The first-order valence-corrected chi connectivity index (χ1v) is 11.9. The Morgan fingerprint density at radius 1 is 1.12 bits per heavy atom. The number of amides is 3. The van der Waals surface area contributed by atoms with Crippen molar-refractivity contribution in [2.24, 2.45) is 17.6 Å². The topological polar surface area (TPSA) is 131 Å². The number of nitrogens with two attached hydrogens (primary N) is 2. The molecule has 0 bridgehead atoms. The lowest BCUT2D eigenvalue weighted by molar-refractivity contribution is -0.122. The number of primary amides is 1. The van der Waals surface area contributed by atoms with Gasteiger partial charge in [-0.15, -0.1) is 0 Å². The number of carbonyl (C=O) groups is 3. The van der Waals surface area contributed by atoms with Crippen LogP contribution in [0.5, 0.6) is 0 Å². The van der Waals surface area contributed by atoms with Gasteiger partial charge in [0.25, 0.3) is 11.8 Å². The van der Waals surface area contributed by atoms with Crippen molar-refractivity contribution in [2.45, 2.75) is 60.4 Å². The minimum Gasteiger partial charge on any atom is -0.395 e. The first-order chi connectivity index (χ1) is 15.5. The molecule has 0 saturated carbocycles. The van der Waals surface area contributed by atoms with Crippen molar-refractivity contribution in [3.8, 4) is 0 Å². The lowest BCUT2D eigenvalue weighted by atomic mass is 9.98. The number of nitrogens with zero attached hydrogens (tertiary/aromatic N) is 2. The Hall–Kier alpha value is -2.94. The van der Waals surface area contributed by atoms with Gasteiger partial charge in [0.2, 0.25) is 5.91 Å². The molecule has 0 spiro atoms. The maximum Gasteiger partial charge on any atom is 0.272 e. The summed E-state index contributed by atoms with van der Waals surface area (Å²) in [7, 11) is 0. The number of nitrogens with one attached hydrogen (secondary N) is 1. The largest absolute Gasteiger partial charge is 0.395 e. The lowest BCUT2D eigenvalue weighted by Gasteiger charge is -2.33. The number of carbonyl (C=O) groups excluding carboxylic acids is 3. The molecule has 33 heavy (non-hydrogen) atoms. The summed E-state index contributed by atoms with van der Waals surface area (Å²) in [6.07, 6.45) is 1.29. The van der Waals surface area contributed by atoms with Crippen molar-refractivity contribution >= 4 is 40.6 Å². The average Bonchev–Trinajstić information content (AvgIpc) is 3.11. The molecule has 0 aliphatic carbocycles. The number of hydrogen-bond acceptors (Lipinski definition) is 6. The van der Waals surface area contributed by atoms with Crippen molar-refractivity contribution in [3.05, 3.63) is 39.9 Å². The molecular formula is C24H35N5O3S. The molecule has 0 fully saturated rings. The van der Waals surface area contributed by atoms with Crippen LogP contribution in [0, 0.1) is 25.7 Å². The Labute approximate surface area is 199 Å². The van der Waals surface area contributed by atoms with Crippen LogP contribution in [-0.4, -0.2) is 34.7 Å². The zero-order valence-corrected chi connectivity index (χ0v) is 21.1. The van der Waals surface area contributed by atoms with Gasteiger partial charge in [-0.05, 0) is 67.3 Å². The quantitative estimate of drug-likeness (QED) is 0.484. The van der Waals surface area contributed by atoms with E-state index in [-0.39, 0.29) is 28.1 Å². The Kier molecular flexibility index (Phi) is 8.99. The molecule has 8 nitrogen and oxygen atoms in total. The summed E-state index contributed by atoms with van der Waals surface area (Å²) in [5.74, 6) is -0.917. The summed E-state index contributed by atoms with van der Waals surface area (Å²) in [5, 5.41) is 3.00. The van der Waals surface area contributed by atoms with Crippen LogP contribution in [0.4, 0.5) is 11.4 Å². The monoisotopic (exact) mass is 473 g/mol. The number of anilines is 2. The molecule has 9 heteroatoms. The van der Waals surface area contributed by atoms with Gasteiger partial charge in [0.1, 0.15) is 10.9 Å². The second-order valence-corrected chi connectivity index (χ2v) is 9.92. The summed E-state index contributed by atoms with van der Waals surface area (Å²) < 4.78 is 3.98. The summed E-state index contributed by atoms with van der Waals surface area (Å²) in [5.41, 5.74) is 13.7. The zero-order valence-electron chi connectivity index (χ0n) is 20.3. The maximum atomic E-state index is 13.9. The fourth-order valence-electron chi connectivity index (χ4n) is 3.53. The summed E-state index contributed by atoms with van der Waals surface area (Å²) >= 11 is 0.817. The van der Waals surface area contributed by atoms with Gasteiger partial charge < -0.3 is 16.8 Å². The van der Waals surface area contributed by atoms with E-state index in [2.05, 4.69) is 23.5 Å². The van der Waals surface area contributed by atoms with Gasteiger partial charge in [-0.1, -0.05) is 39.8 Å². The molecule has 0 aliphatic heterocycles. The number of benzene rings is 1.